The molecule has 3 N–H and O–H groups in total. The number of benzene rings is 1. The van der Waals surface area contributed by atoms with Gasteiger partial charge in [-0.15, -0.1) is 0 Å². The van der Waals surface area contributed by atoms with Crippen molar-refractivity contribution in [2.24, 2.45) is 5.73 Å². The maximum absolute atomic E-state index is 13.1. The van der Waals surface area contributed by atoms with E-state index in [0.29, 0.717) is 30.1 Å². The Bertz CT molecular complexity index is 859. The standard InChI is InChI=1S/C14H13BrF3N5/c15-9-7-11-10(6-8(9)14(16,17)18)22-12(20-3-1-2-19)13-21-4-5-23(11)13/h4-7H,1-3,19H2,(H,20,22). The Morgan fingerprint density at radius 2 is 2.09 bits per heavy atom. The van der Waals surface area contributed by atoms with Crippen molar-refractivity contribution in [2.75, 3.05) is 18.4 Å². The van der Waals surface area contributed by atoms with Crippen LogP contribution in [0.15, 0.2) is 29.0 Å². The third-order valence-electron chi connectivity index (χ3n) is 3.39. The molecular weight excluding hydrogens is 375 g/mol. The third-order valence-corrected chi connectivity index (χ3v) is 4.04. The van der Waals surface area contributed by atoms with Gasteiger partial charge in [-0.1, -0.05) is 15.9 Å². The zero-order valence-electron chi connectivity index (χ0n) is 11.9. The van der Waals surface area contributed by atoms with Crippen molar-refractivity contribution in [1.82, 2.24) is 14.4 Å². The number of hydrogen-bond acceptors (Lipinski definition) is 4. The van der Waals surface area contributed by atoms with E-state index in [4.69, 9.17) is 5.73 Å². The first-order valence-corrected chi connectivity index (χ1v) is 7.68. The summed E-state index contributed by atoms with van der Waals surface area (Å²) in [6.45, 7) is 1.08. The first kappa shape index (κ1) is 16.0. The van der Waals surface area contributed by atoms with Crippen LogP contribution in [0.4, 0.5) is 19.0 Å². The SMILES string of the molecule is NCCCNc1nc2cc(C(F)(F)F)c(Br)cc2n2ccnc12. The molecule has 1 aromatic carbocycles. The maximum atomic E-state index is 13.1. The van der Waals surface area contributed by atoms with Gasteiger partial charge < -0.3 is 11.1 Å². The largest absolute Gasteiger partial charge is 0.417 e. The van der Waals surface area contributed by atoms with E-state index < -0.39 is 11.7 Å². The van der Waals surface area contributed by atoms with Crippen LogP contribution in [0.5, 0.6) is 0 Å². The van der Waals surface area contributed by atoms with Crippen molar-refractivity contribution in [1.29, 1.82) is 0 Å². The average Bonchev–Trinajstić information content (AvgIpc) is 2.96. The lowest BCUT2D eigenvalue weighted by Gasteiger charge is -2.13. The highest BCUT2D eigenvalue weighted by Crippen LogP contribution is 2.37. The van der Waals surface area contributed by atoms with Crippen LogP contribution in [0, 0.1) is 0 Å². The molecule has 5 nitrogen and oxygen atoms in total. The number of anilines is 1. The van der Waals surface area contributed by atoms with Gasteiger partial charge in [0.15, 0.2) is 11.5 Å². The van der Waals surface area contributed by atoms with Crippen molar-refractivity contribution in [3.63, 3.8) is 0 Å². The van der Waals surface area contributed by atoms with Crippen LogP contribution in [-0.2, 0) is 6.18 Å². The first-order valence-electron chi connectivity index (χ1n) is 6.89. The number of rotatable bonds is 4. The van der Waals surface area contributed by atoms with E-state index >= 15 is 0 Å². The van der Waals surface area contributed by atoms with Gasteiger partial charge in [-0.05, 0) is 25.1 Å². The van der Waals surface area contributed by atoms with Gasteiger partial charge in [0, 0.05) is 23.4 Å². The summed E-state index contributed by atoms with van der Waals surface area (Å²) >= 11 is 2.99. The van der Waals surface area contributed by atoms with Crippen molar-refractivity contribution in [3.8, 4) is 0 Å². The number of alkyl halides is 3. The number of aromatic nitrogens is 3. The molecule has 0 aliphatic heterocycles. The van der Waals surface area contributed by atoms with Gasteiger partial charge in [0.05, 0.1) is 16.6 Å². The Labute approximate surface area is 137 Å². The number of nitrogens with two attached hydrogens (primary N) is 1. The molecule has 2 heterocycles. The molecule has 0 aliphatic carbocycles. The van der Waals surface area contributed by atoms with E-state index in [-0.39, 0.29) is 9.99 Å². The summed E-state index contributed by atoms with van der Waals surface area (Å²) < 4.78 is 40.9. The molecule has 0 radical (unpaired) electrons. The lowest BCUT2D eigenvalue weighted by atomic mass is 10.2. The number of nitrogens with one attached hydrogen (secondary N) is 1. The summed E-state index contributed by atoms with van der Waals surface area (Å²) in [4.78, 5) is 8.52. The third kappa shape index (κ3) is 2.98. The van der Waals surface area contributed by atoms with Gasteiger partial charge in [0.2, 0.25) is 0 Å². The molecule has 3 rings (SSSR count). The normalized spacial score (nSPS) is 12.2. The van der Waals surface area contributed by atoms with Gasteiger partial charge in [-0.25, -0.2) is 9.97 Å². The molecule has 0 fully saturated rings. The Balaban J connectivity index is 2.20. The zero-order chi connectivity index (χ0) is 16.6. The monoisotopic (exact) mass is 387 g/mol. The van der Waals surface area contributed by atoms with Crippen molar-refractivity contribution in [2.45, 2.75) is 12.6 Å². The highest BCUT2D eigenvalue weighted by atomic mass is 79.9. The van der Waals surface area contributed by atoms with E-state index in [0.717, 1.165) is 12.5 Å². The molecule has 0 bridgehead atoms. The lowest BCUT2D eigenvalue weighted by Crippen LogP contribution is -2.11. The average molecular weight is 388 g/mol. The molecule has 2 aromatic heterocycles. The molecule has 0 spiro atoms. The summed E-state index contributed by atoms with van der Waals surface area (Å²) in [5, 5.41) is 3.07. The summed E-state index contributed by atoms with van der Waals surface area (Å²) in [5.74, 6) is 0.436. The summed E-state index contributed by atoms with van der Waals surface area (Å²) in [5.41, 5.74) is 6.03. The Kier molecular flexibility index (Phi) is 4.15. The molecule has 0 amide bonds. The van der Waals surface area contributed by atoms with Crippen molar-refractivity contribution < 1.29 is 13.2 Å². The van der Waals surface area contributed by atoms with E-state index in [2.05, 4.69) is 31.2 Å². The highest BCUT2D eigenvalue weighted by Gasteiger charge is 2.33. The summed E-state index contributed by atoms with van der Waals surface area (Å²) in [7, 11) is 0. The van der Waals surface area contributed by atoms with Crippen molar-refractivity contribution >= 4 is 38.4 Å². The number of imidazole rings is 1. The zero-order valence-corrected chi connectivity index (χ0v) is 13.4. The predicted molar refractivity (Wildman–Crippen MR) is 85.4 cm³/mol. The smallest absolute Gasteiger partial charge is 0.367 e. The second kappa shape index (κ2) is 5.97. The number of hydrogen-bond donors (Lipinski definition) is 2. The maximum Gasteiger partial charge on any atom is 0.417 e. The van der Waals surface area contributed by atoms with Gasteiger partial charge in [0.25, 0.3) is 0 Å². The minimum absolute atomic E-state index is 0.0295. The molecule has 0 atom stereocenters. The van der Waals surface area contributed by atoms with E-state index in [1.165, 1.54) is 6.07 Å². The molecule has 23 heavy (non-hydrogen) atoms. The molecule has 0 saturated heterocycles. The van der Waals surface area contributed by atoms with Crippen molar-refractivity contribution in [3.05, 3.63) is 34.6 Å². The first-order chi connectivity index (χ1) is 10.9. The molecule has 0 saturated carbocycles. The Hall–Kier alpha value is -1.87. The van der Waals surface area contributed by atoms with E-state index in [9.17, 15) is 13.2 Å². The summed E-state index contributed by atoms with van der Waals surface area (Å²) in [6, 6.07) is 2.44. The fourth-order valence-electron chi connectivity index (χ4n) is 2.32. The van der Waals surface area contributed by atoms with Gasteiger partial charge >= 0.3 is 6.18 Å². The van der Waals surface area contributed by atoms with E-state index in [1.807, 2.05) is 0 Å². The number of halogens is 4. The van der Waals surface area contributed by atoms with Crippen LogP contribution in [0.25, 0.3) is 16.7 Å². The molecule has 122 valence electrons. The van der Waals surface area contributed by atoms with Gasteiger partial charge in [-0.3, -0.25) is 4.40 Å². The molecule has 3 aromatic rings. The van der Waals surface area contributed by atoms with E-state index in [1.54, 1.807) is 16.8 Å². The Morgan fingerprint density at radius 3 is 2.78 bits per heavy atom. The second-order valence-corrected chi connectivity index (χ2v) is 5.82. The van der Waals surface area contributed by atoms with Crippen LogP contribution in [0.1, 0.15) is 12.0 Å². The number of fused-ring (bicyclic) bond motifs is 3. The number of nitrogens with zero attached hydrogens (tertiary/aromatic N) is 3. The summed E-state index contributed by atoms with van der Waals surface area (Å²) in [6.07, 6.45) is -0.463. The highest BCUT2D eigenvalue weighted by molar-refractivity contribution is 9.10. The topological polar surface area (TPSA) is 68.2 Å². The minimum atomic E-state index is -4.45. The molecule has 0 unspecified atom stereocenters. The fourth-order valence-corrected chi connectivity index (χ4v) is 2.88. The van der Waals surface area contributed by atoms with Gasteiger partial charge in [0.1, 0.15) is 0 Å². The van der Waals surface area contributed by atoms with Crippen LogP contribution < -0.4 is 11.1 Å². The quantitative estimate of drug-likeness (QED) is 0.673. The van der Waals surface area contributed by atoms with Crippen LogP contribution >= 0.6 is 15.9 Å². The van der Waals surface area contributed by atoms with Crippen LogP contribution in [-0.4, -0.2) is 27.5 Å². The minimum Gasteiger partial charge on any atom is -0.367 e. The van der Waals surface area contributed by atoms with Crippen LogP contribution in [0.2, 0.25) is 0 Å². The lowest BCUT2D eigenvalue weighted by molar-refractivity contribution is -0.138. The fraction of sp³-hybridized carbons (Fsp3) is 0.286. The molecular formula is C14H13BrF3N5. The molecule has 9 heteroatoms. The Morgan fingerprint density at radius 1 is 1.30 bits per heavy atom. The molecule has 0 aliphatic rings. The van der Waals surface area contributed by atoms with Gasteiger partial charge in [-0.2, -0.15) is 13.2 Å². The van der Waals surface area contributed by atoms with Crippen LogP contribution in [0.3, 0.4) is 0 Å². The second-order valence-electron chi connectivity index (χ2n) is 4.97. The predicted octanol–water partition coefficient (Wildman–Crippen LogP) is 3.42.